The predicted octanol–water partition coefficient (Wildman–Crippen LogP) is 2.65. The molecular weight excluding hydrogens is 232 g/mol. The average molecular weight is 248 g/mol. The van der Waals surface area contributed by atoms with Crippen LogP contribution in [0, 0.1) is 0 Å². The lowest BCUT2D eigenvalue weighted by Crippen LogP contribution is -2.61. The summed E-state index contributed by atoms with van der Waals surface area (Å²) >= 11 is 1.53. The first-order valence-electron chi connectivity index (χ1n) is 6.04. The van der Waals surface area contributed by atoms with Gasteiger partial charge in [0.05, 0.1) is 11.1 Å². The van der Waals surface area contributed by atoms with Crippen LogP contribution in [0.4, 0.5) is 5.00 Å². The van der Waals surface area contributed by atoms with E-state index in [1.165, 1.54) is 21.9 Å². The molecule has 0 bridgehead atoms. The van der Waals surface area contributed by atoms with E-state index in [1.54, 1.807) is 0 Å². The van der Waals surface area contributed by atoms with Crippen molar-refractivity contribution in [3.8, 4) is 0 Å². The molecule has 0 saturated carbocycles. The highest BCUT2D eigenvalue weighted by atomic mass is 32.1. The maximum atomic E-state index is 10.2. The molecule has 1 aromatic heterocycles. The van der Waals surface area contributed by atoms with Crippen molar-refractivity contribution in [2.24, 2.45) is 0 Å². The molecule has 0 atom stereocenters. The van der Waals surface area contributed by atoms with Crippen LogP contribution in [0.1, 0.15) is 19.8 Å². The number of hydrogen-bond acceptors (Lipinski definition) is 4. The highest BCUT2D eigenvalue weighted by molar-refractivity contribution is 7.11. The Hall–Kier alpha value is -1.13. The van der Waals surface area contributed by atoms with Crippen LogP contribution < -0.4 is 4.90 Å². The molecule has 0 spiro atoms. The molecule has 3 rings (SSSR count). The van der Waals surface area contributed by atoms with Gasteiger partial charge in [0.1, 0.15) is 5.00 Å². The second-order valence-electron chi connectivity index (χ2n) is 4.84. The van der Waals surface area contributed by atoms with Crippen molar-refractivity contribution in [2.75, 3.05) is 18.0 Å². The van der Waals surface area contributed by atoms with Crippen molar-refractivity contribution in [3.05, 3.63) is 24.3 Å². The molecule has 1 aliphatic rings. The lowest BCUT2D eigenvalue weighted by atomic mass is 9.89. The number of benzene rings is 1. The lowest BCUT2D eigenvalue weighted by Gasteiger charge is -2.47. The molecule has 17 heavy (non-hydrogen) atoms. The van der Waals surface area contributed by atoms with Crippen LogP contribution in [0.25, 0.3) is 10.9 Å². The number of hydrogen-bond donors (Lipinski definition) is 1. The molecule has 0 unspecified atom stereocenters. The zero-order valence-corrected chi connectivity index (χ0v) is 10.7. The molecular formula is C13H16N2OS. The molecule has 0 aliphatic carbocycles. The quantitative estimate of drug-likeness (QED) is 0.907. The van der Waals surface area contributed by atoms with Gasteiger partial charge in [-0.3, -0.25) is 0 Å². The average Bonchev–Trinajstić information content (AvgIpc) is 2.69. The van der Waals surface area contributed by atoms with Crippen LogP contribution in [0.5, 0.6) is 0 Å². The fourth-order valence-corrected chi connectivity index (χ4v) is 3.39. The minimum Gasteiger partial charge on any atom is -0.386 e. The number of β-amino-alcohol motifs (C(OH)–C–C–N with tert-alkyl or cyclic N) is 1. The summed E-state index contributed by atoms with van der Waals surface area (Å²) in [5.74, 6) is 0. The third-order valence-corrected chi connectivity index (χ3v) is 4.28. The molecule has 90 valence electrons. The van der Waals surface area contributed by atoms with E-state index in [9.17, 15) is 5.11 Å². The van der Waals surface area contributed by atoms with Crippen molar-refractivity contribution < 1.29 is 5.11 Å². The molecule has 2 heterocycles. The first-order valence-corrected chi connectivity index (χ1v) is 6.81. The monoisotopic (exact) mass is 248 g/mol. The van der Waals surface area contributed by atoms with Gasteiger partial charge in [-0.25, -0.2) is 0 Å². The normalized spacial score (nSPS) is 18.4. The summed E-state index contributed by atoms with van der Waals surface area (Å²) in [5.41, 5.74) is 0.582. The standard InChI is InChI=1S/C13H16N2OS/c1-2-7-13(16)8-15(9-13)12-10-5-3-4-6-11(10)14-17-12/h3-6,16H,2,7-9H2,1H3. The van der Waals surface area contributed by atoms with E-state index in [4.69, 9.17) is 0 Å². The van der Waals surface area contributed by atoms with E-state index in [2.05, 4.69) is 22.3 Å². The van der Waals surface area contributed by atoms with Gasteiger partial charge in [0.15, 0.2) is 0 Å². The number of nitrogens with zero attached hydrogens (tertiary/aromatic N) is 2. The summed E-state index contributed by atoms with van der Waals surface area (Å²) < 4.78 is 4.43. The highest BCUT2D eigenvalue weighted by Gasteiger charge is 2.41. The highest BCUT2D eigenvalue weighted by Crippen LogP contribution is 2.37. The zero-order valence-electron chi connectivity index (χ0n) is 9.89. The summed E-state index contributed by atoms with van der Waals surface area (Å²) in [6.45, 7) is 3.60. The summed E-state index contributed by atoms with van der Waals surface area (Å²) in [5, 5.41) is 12.6. The minimum absolute atomic E-state index is 0.472. The van der Waals surface area contributed by atoms with E-state index in [0.29, 0.717) is 0 Å². The molecule has 0 radical (unpaired) electrons. The van der Waals surface area contributed by atoms with Crippen LogP contribution in [0.3, 0.4) is 0 Å². The molecule has 4 heteroatoms. The largest absolute Gasteiger partial charge is 0.386 e. The van der Waals surface area contributed by atoms with Crippen molar-refractivity contribution in [2.45, 2.75) is 25.4 Å². The third-order valence-electron chi connectivity index (χ3n) is 3.34. The summed E-state index contributed by atoms with van der Waals surface area (Å²) in [6, 6.07) is 8.19. The van der Waals surface area contributed by atoms with Crippen molar-refractivity contribution >= 4 is 27.4 Å². The Morgan fingerprint density at radius 1 is 1.41 bits per heavy atom. The molecule has 2 aromatic rings. The summed E-state index contributed by atoms with van der Waals surface area (Å²) in [4.78, 5) is 2.23. The Kier molecular flexibility index (Phi) is 2.56. The Bertz CT molecular complexity index is 531. The first-order chi connectivity index (χ1) is 8.22. The molecule has 3 nitrogen and oxygen atoms in total. The van der Waals surface area contributed by atoms with Crippen LogP contribution >= 0.6 is 11.5 Å². The SMILES string of the molecule is CCCC1(O)CN(c2snc3ccccc23)C1. The van der Waals surface area contributed by atoms with Crippen molar-refractivity contribution in [1.82, 2.24) is 4.37 Å². The van der Waals surface area contributed by atoms with Crippen LogP contribution in [-0.2, 0) is 0 Å². The van der Waals surface area contributed by atoms with Gasteiger partial charge in [0.25, 0.3) is 0 Å². The van der Waals surface area contributed by atoms with Gasteiger partial charge in [0, 0.05) is 18.5 Å². The number of fused-ring (bicyclic) bond motifs is 1. The molecule has 1 saturated heterocycles. The molecule has 1 aromatic carbocycles. The van der Waals surface area contributed by atoms with E-state index < -0.39 is 5.60 Å². The van der Waals surface area contributed by atoms with E-state index in [-0.39, 0.29) is 0 Å². The van der Waals surface area contributed by atoms with Crippen LogP contribution in [0.15, 0.2) is 24.3 Å². The number of aliphatic hydroxyl groups is 1. The molecule has 1 fully saturated rings. The topological polar surface area (TPSA) is 36.4 Å². The Morgan fingerprint density at radius 3 is 2.94 bits per heavy atom. The Balaban J connectivity index is 1.83. The van der Waals surface area contributed by atoms with Crippen LogP contribution in [0.2, 0.25) is 0 Å². The summed E-state index contributed by atoms with van der Waals surface area (Å²) in [7, 11) is 0. The van der Waals surface area contributed by atoms with Gasteiger partial charge in [-0.2, -0.15) is 4.37 Å². The Morgan fingerprint density at radius 2 is 2.18 bits per heavy atom. The van der Waals surface area contributed by atoms with Gasteiger partial charge in [0.2, 0.25) is 0 Å². The molecule has 1 aliphatic heterocycles. The third kappa shape index (κ3) is 1.81. The lowest BCUT2D eigenvalue weighted by molar-refractivity contribution is 0.00394. The summed E-state index contributed by atoms with van der Waals surface area (Å²) in [6.07, 6.45) is 1.92. The maximum absolute atomic E-state index is 10.2. The molecule has 0 amide bonds. The zero-order chi connectivity index (χ0) is 11.9. The fraction of sp³-hybridized carbons (Fsp3) is 0.462. The predicted molar refractivity (Wildman–Crippen MR) is 71.7 cm³/mol. The van der Waals surface area contributed by atoms with Crippen molar-refractivity contribution in [1.29, 1.82) is 0 Å². The van der Waals surface area contributed by atoms with E-state index in [0.717, 1.165) is 31.4 Å². The number of rotatable bonds is 3. The van der Waals surface area contributed by atoms with Gasteiger partial charge in [-0.15, -0.1) is 0 Å². The van der Waals surface area contributed by atoms with E-state index in [1.807, 2.05) is 18.2 Å². The maximum Gasteiger partial charge on any atom is 0.120 e. The van der Waals surface area contributed by atoms with Gasteiger partial charge in [-0.1, -0.05) is 25.5 Å². The fourth-order valence-electron chi connectivity index (χ4n) is 2.54. The van der Waals surface area contributed by atoms with Gasteiger partial charge in [-0.05, 0) is 30.1 Å². The molecule has 1 N–H and O–H groups in total. The second kappa shape index (κ2) is 3.96. The Labute approximate surface area is 105 Å². The van der Waals surface area contributed by atoms with Crippen molar-refractivity contribution in [3.63, 3.8) is 0 Å². The number of anilines is 1. The minimum atomic E-state index is -0.472. The van der Waals surface area contributed by atoms with Gasteiger partial charge < -0.3 is 10.0 Å². The van der Waals surface area contributed by atoms with E-state index >= 15 is 0 Å². The van der Waals surface area contributed by atoms with Crippen LogP contribution in [-0.4, -0.2) is 28.2 Å². The number of aromatic nitrogens is 1. The second-order valence-corrected chi connectivity index (χ2v) is 5.59. The first kappa shape index (κ1) is 11.0. The van der Waals surface area contributed by atoms with Gasteiger partial charge >= 0.3 is 0 Å². The smallest absolute Gasteiger partial charge is 0.120 e.